The third-order valence-electron chi connectivity index (χ3n) is 4.18. The normalized spacial score (nSPS) is 22.0. The summed E-state index contributed by atoms with van der Waals surface area (Å²) >= 11 is 6.30. The van der Waals surface area contributed by atoms with Crippen LogP contribution in [0.4, 0.5) is 0 Å². The molecule has 3 rings (SSSR count). The molecule has 0 spiro atoms. The van der Waals surface area contributed by atoms with Gasteiger partial charge in [-0.05, 0) is 42.0 Å². The van der Waals surface area contributed by atoms with Crippen molar-refractivity contribution < 1.29 is 4.79 Å². The Balaban J connectivity index is 2.04. The average molecular weight is 264 g/mol. The first-order valence-corrected chi connectivity index (χ1v) is 7.16. The van der Waals surface area contributed by atoms with Crippen LogP contribution in [0.15, 0.2) is 12.1 Å². The van der Waals surface area contributed by atoms with Crippen LogP contribution in [0.2, 0.25) is 5.02 Å². The highest BCUT2D eigenvalue weighted by Gasteiger charge is 2.33. The first-order valence-electron chi connectivity index (χ1n) is 6.78. The molecule has 2 nitrogen and oxygen atoms in total. The lowest BCUT2D eigenvalue weighted by Crippen LogP contribution is -2.34. The van der Waals surface area contributed by atoms with Crippen molar-refractivity contribution in [2.75, 3.05) is 13.1 Å². The topological polar surface area (TPSA) is 20.3 Å². The van der Waals surface area contributed by atoms with Crippen molar-refractivity contribution in [3.8, 4) is 0 Å². The first kappa shape index (κ1) is 12.0. The van der Waals surface area contributed by atoms with Gasteiger partial charge in [0.25, 0.3) is 0 Å². The van der Waals surface area contributed by atoms with Gasteiger partial charge >= 0.3 is 0 Å². The van der Waals surface area contributed by atoms with E-state index in [2.05, 4.69) is 13.0 Å². The molecular weight excluding hydrogens is 246 g/mol. The molecule has 0 radical (unpaired) electrons. The minimum Gasteiger partial charge on any atom is -0.342 e. The standard InChI is InChI=1S/C15H18ClNO/c1-2-7-17-9-11-4-3-10-5-6-13(16)12(15(10)11)8-14(17)18/h5-6,11H,2-4,7-9H2,1H3. The van der Waals surface area contributed by atoms with Gasteiger partial charge in [0.1, 0.15) is 0 Å². The van der Waals surface area contributed by atoms with Crippen molar-refractivity contribution in [2.24, 2.45) is 0 Å². The number of benzene rings is 1. The van der Waals surface area contributed by atoms with Crippen LogP contribution in [-0.4, -0.2) is 23.9 Å². The molecule has 0 saturated heterocycles. The predicted octanol–water partition coefficient (Wildman–Crippen LogP) is 3.16. The molecule has 1 aliphatic carbocycles. The Labute approximate surface area is 113 Å². The summed E-state index contributed by atoms with van der Waals surface area (Å²) in [5, 5.41) is 0.771. The molecule has 1 unspecified atom stereocenters. The molecule has 1 aliphatic heterocycles. The number of hydrogen-bond acceptors (Lipinski definition) is 1. The fourth-order valence-electron chi connectivity index (χ4n) is 3.37. The van der Waals surface area contributed by atoms with E-state index in [9.17, 15) is 4.79 Å². The first-order chi connectivity index (χ1) is 8.70. The van der Waals surface area contributed by atoms with Gasteiger partial charge in [-0.2, -0.15) is 0 Å². The van der Waals surface area contributed by atoms with Gasteiger partial charge < -0.3 is 4.90 Å². The Morgan fingerprint density at radius 2 is 2.28 bits per heavy atom. The Morgan fingerprint density at radius 3 is 3.06 bits per heavy atom. The SMILES string of the molecule is CCCN1CC2CCc3ccc(Cl)c(c32)CC1=O. The number of halogens is 1. The third-order valence-corrected chi connectivity index (χ3v) is 4.53. The Hall–Kier alpha value is -1.02. The van der Waals surface area contributed by atoms with Gasteiger partial charge in [-0.3, -0.25) is 4.79 Å². The molecule has 0 fully saturated rings. The maximum absolute atomic E-state index is 12.3. The van der Waals surface area contributed by atoms with E-state index >= 15 is 0 Å². The van der Waals surface area contributed by atoms with Crippen LogP contribution in [0.1, 0.15) is 42.4 Å². The summed E-state index contributed by atoms with van der Waals surface area (Å²) in [6.07, 6.45) is 3.81. The number of amides is 1. The highest BCUT2D eigenvalue weighted by atomic mass is 35.5. The molecule has 96 valence electrons. The maximum Gasteiger partial charge on any atom is 0.227 e. The summed E-state index contributed by atoms with van der Waals surface area (Å²) in [5.41, 5.74) is 3.89. The van der Waals surface area contributed by atoms with Crippen LogP contribution in [0.25, 0.3) is 0 Å². The molecule has 1 aromatic carbocycles. The zero-order valence-corrected chi connectivity index (χ0v) is 11.5. The van der Waals surface area contributed by atoms with Crippen molar-refractivity contribution in [2.45, 2.75) is 38.5 Å². The summed E-state index contributed by atoms with van der Waals surface area (Å²) < 4.78 is 0. The van der Waals surface area contributed by atoms with Crippen LogP contribution in [0, 0.1) is 0 Å². The number of aryl methyl sites for hydroxylation is 1. The molecule has 18 heavy (non-hydrogen) atoms. The lowest BCUT2D eigenvalue weighted by Gasteiger charge is -2.22. The minimum absolute atomic E-state index is 0.238. The van der Waals surface area contributed by atoms with Crippen molar-refractivity contribution >= 4 is 17.5 Å². The van der Waals surface area contributed by atoms with Gasteiger partial charge in [0.2, 0.25) is 5.91 Å². The molecule has 2 aliphatic rings. The number of rotatable bonds is 2. The van der Waals surface area contributed by atoms with Crippen LogP contribution in [0.5, 0.6) is 0 Å². The zero-order valence-electron chi connectivity index (χ0n) is 10.7. The van der Waals surface area contributed by atoms with Gasteiger partial charge in [0.05, 0.1) is 6.42 Å². The molecule has 1 atom stereocenters. The molecule has 1 heterocycles. The van der Waals surface area contributed by atoms with E-state index in [-0.39, 0.29) is 5.91 Å². The molecule has 1 aromatic rings. The molecule has 0 N–H and O–H groups in total. The van der Waals surface area contributed by atoms with Gasteiger partial charge in [-0.25, -0.2) is 0 Å². The molecule has 0 bridgehead atoms. The molecule has 3 heteroatoms. The van der Waals surface area contributed by atoms with Crippen molar-refractivity contribution in [1.29, 1.82) is 0 Å². The monoisotopic (exact) mass is 263 g/mol. The van der Waals surface area contributed by atoms with Gasteiger partial charge in [0, 0.05) is 24.0 Å². The van der Waals surface area contributed by atoms with Crippen molar-refractivity contribution in [1.82, 2.24) is 4.90 Å². The van der Waals surface area contributed by atoms with E-state index in [4.69, 9.17) is 11.6 Å². The number of carbonyl (C=O) groups is 1. The average Bonchev–Trinajstić information content (AvgIpc) is 2.69. The quantitative estimate of drug-likeness (QED) is 0.803. The van der Waals surface area contributed by atoms with Crippen molar-refractivity contribution in [3.63, 3.8) is 0 Å². The highest BCUT2D eigenvalue weighted by molar-refractivity contribution is 6.31. The zero-order chi connectivity index (χ0) is 12.7. The molecular formula is C15H18ClNO. The van der Waals surface area contributed by atoms with Crippen LogP contribution in [-0.2, 0) is 17.6 Å². The smallest absolute Gasteiger partial charge is 0.227 e. The second-order valence-electron chi connectivity index (χ2n) is 5.35. The van der Waals surface area contributed by atoms with Crippen LogP contribution < -0.4 is 0 Å². The predicted molar refractivity (Wildman–Crippen MR) is 73.1 cm³/mol. The van der Waals surface area contributed by atoms with Gasteiger partial charge in [-0.15, -0.1) is 0 Å². The molecule has 1 amide bonds. The second kappa shape index (κ2) is 4.58. The largest absolute Gasteiger partial charge is 0.342 e. The molecule has 0 saturated carbocycles. The number of carbonyl (C=O) groups excluding carboxylic acids is 1. The second-order valence-corrected chi connectivity index (χ2v) is 5.76. The van der Waals surface area contributed by atoms with E-state index in [0.29, 0.717) is 12.3 Å². The number of nitrogens with zero attached hydrogens (tertiary/aromatic N) is 1. The minimum atomic E-state index is 0.238. The fraction of sp³-hybridized carbons (Fsp3) is 0.533. The third kappa shape index (κ3) is 1.83. The van der Waals surface area contributed by atoms with Crippen LogP contribution >= 0.6 is 11.6 Å². The van der Waals surface area contributed by atoms with Gasteiger partial charge in [-0.1, -0.05) is 24.6 Å². The number of hydrogen-bond donors (Lipinski definition) is 0. The van der Waals surface area contributed by atoms with E-state index in [1.807, 2.05) is 11.0 Å². The Bertz CT molecular complexity index is 498. The highest BCUT2D eigenvalue weighted by Crippen LogP contribution is 2.41. The van der Waals surface area contributed by atoms with Crippen molar-refractivity contribution in [3.05, 3.63) is 33.8 Å². The Morgan fingerprint density at radius 1 is 1.44 bits per heavy atom. The summed E-state index contributed by atoms with van der Waals surface area (Å²) in [6.45, 7) is 3.88. The lowest BCUT2D eigenvalue weighted by molar-refractivity contribution is -0.130. The summed E-state index contributed by atoms with van der Waals surface area (Å²) in [7, 11) is 0. The van der Waals surface area contributed by atoms with E-state index in [1.54, 1.807) is 0 Å². The Kier molecular flexibility index (Phi) is 3.06. The fourth-order valence-corrected chi connectivity index (χ4v) is 3.60. The summed E-state index contributed by atoms with van der Waals surface area (Å²) in [6, 6.07) is 4.10. The summed E-state index contributed by atoms with van der Waals surface area (Å²) in [5.74, 6) is 0.744. The molecule has 0 aromatic heterocycles. The van der Waals surface area contributed by atoms with E-state index in [1.165, 1.54) is 11.1 Å². The van der Waals surface area contributed by atoms with Gasteiger partial charge in [0.15, 0.2) is 0 Å². The lowest BCUT2D eigenvalue weighted by atomic mass is 9.95. The maximum atomic E-state index is 12.3. The van der Waals surface area contributed by atoms with E-state index < -0.39 is 0 Å². The van der Waals surface area contributed by atoms with Crippen LogP contribution in [0.3, 0.4) is 0 Å². The van der Waals surface area contributed by atoms with E-state index in [0.717, 1.165) is 42.9 Å². The summed E-state index contributed by atoms with van der Waals surface area (Å²) in [4.78, 5) is 14.3.